The molecular formula is C26H23FN4OS. The highest BCUT2D eigenvalue weighted by Crippen LogP contribution is 2.27. The number of benzene rings is 2. The highest BCUT2D eigenvalue weighted by atomic mass is 32.2. The molecule has 0 fully saturated rings. The van der Waals surface area contributed by atoms with E-state index in [0.717, 1.165) is 35.6 Å². The zero-order valence-electron chi connectivity index (χ0n) is 18.0. The van der Waals surface area contributed by atoms with E-state index < -0.39 is 0 Å². The average molecular weight is 459 g/mol. The number of nitrogens with zero attached hydrogens (tertiary/aromatic N) is 3. The highest BCUT2D eigenvalue weighted by molar-refractivity contribution is 7.98. The number of imidazole rings is 1. The fraction of sp³-hybridized carbons (Fsp3) is 0.192. The molecule has 2 aromatic heterocycles. The molecule has 0 unspecified atom stereocenters. The van der Waals surface area contributed by atoms with Gasteiger partial charge in [-0.25, -0.2) is 14.4 Å². The number of aryl methyl sites for hydroxylation is 2. The third kappa shape index (κ3) is 4.98. The Morgan fingerprint density at radius 2 is 1.88 bits per heavy atom. The quantitative estimate of drug-likeness (QED) is 0.362. The smallest absolute Gasteiger partial charge is 0.258 e. The number of thioether (sulfide) groups is 1. The Balaban J connectivity index is 1.27. The second kappa shape index (κ2) is 9.58. The first-order valence-corrected chi connectivity index (χ1v) is 11.9. The Morgan fingerprint density at radius 3 is 2.67 bits per heavy atom. The van der Waals surface area contributed by atoms with Crippen molar-refractivity contribution in [1.29, 1.82) is 0 Å². The minimum Gasteiger partial charge on any atom is -0.334 e. The number of fused-ring (bicyclic) bond motifs is 1. The van der Waals surface area contributed by atoms with Crippen molar-refractivity contribution in [3.63, 3.8) is 0 Å². The number of carbonyl (C=O) groups is 1. The molecule has 1 N–H and O–H groups in total. The second-order valence-corrected chi connectivity index (χ2v) is 8.96. The minimum atomic E-state index is -0.264. The monoisotopic (exact) mass is 458 g/mol. The van der Waals surface area contributed by atoms with E-state index in [2.05, 4.69) is 21.1 Å². The Kier molecular flexibility index (Phi) is 6.21. The zero-order valence-corrected chi connectivity index (χ0v) is 18.8. The van der Waals surface area contributed by atoms with Crippen LogP contribution in [-0.2, 0) is 18.7 Å². The average Bonchev–Trinajstić information content (AvgIpc) is 3.29. The van der Waals surface area contributed by atoms with Gasteiger partial charge in [0.25, 0.3) is 5.91 Å². The van der Waals surface area contributed by atoms with Crippen LogP contribution >= 0.6 is 11.8 Å². The Labute approximate surface area is 196 Å². The fourth-order valence-corrected chi connectivity index (χ4v) is 4.83. The van der Waals surface area contributed by atoms with E-state index in [9.17, 15) is 9.18 Å². The van der Waals surface area contributed by atoms with Gasteiger partial charge >= 0.3 is 0 Å². The maximum atomic E-state index is 13.1. The van der Waals surface area contributed by atoms with Gasteiger partial charge in [0.15, 0.2) is 0 Å². The van der Waals surface area contributed by atoms with E-state index >= 15 is 0 Å². The summed E-state index contributed by atoms with van der Waals surface area (Å²) in [5.41, 5.74) is 4.19. The lowest BCUT2D eigenvalue weighted by molar-refractivity contribution is 0.102. The van der Waals surface area contributed by atoms with E-state index in [4.69, 9.17) is 4.98 Å². The number of amides is 1. The Bertz CT molecular complexity index is 1240. The number of hydrogen-bond donors (Lipinski definition) is 1. The van der Waals surface area contributed by atoms with Crippen molar-refractivity contribution >= 4 is 23.4 Å². The number of rotatable bonds is 6. The molecule has 0 atom stereocenters. The molecule has 33 heavy (non-hydrogen) atoms. The van der Waals surface area contributed by atoms with Gasteiger partial charge in [-0.2, -0.15) is 0 Å². The van der Waals surface area contributed by atoms with Gasteiger partial charge in [-0.3, -0.25) is 4.79 Å². The number of aromatic nitrogens is 3. The third-order valence-corrected chi connectivity index (χ3v) is 6.73. The van der Waals surface area contributed by atoms with Crippen LogP contribution in [0.2, 0.25) is 0 Å². The summed E-state index contributed by atoms with van der Waals surface area (Å²) in [5.74, 6) is 1.27. The molecular weight excluding hydrogens is 435 g/mol. The molecule has 1 aliphatic rings. The standard InChI is InChI=1S/C26H23FN4OS/c27-20-10-6-18(7-11-20)17-33-26-22(4-3-14-28-26)25(32)29-21-12-8-19(9-13-21)23-16-31-15-2-1-5-24(31)30-23/h3-4,6-14,16H,1-2,5,15,17H2,(H,29,32). The Hall–Kier alpha value is -3.45. The molecule has 0 radical (unpaired) electrons. The van der Waals surface area contributed by atoms with Crippen molar-refractivity contribution in [2.24, 2.45) is 0 Å². The number of anilines is 1. The maximum Gasteiger partial charge on any atom is 0.258 e. The van der Waals surface area contributed by atoms with Gasteiger partial charge in [-0.05, 0) is 54.8 Å². The summed E-state index contributed by atoms with van der Waals surface area (Å²) < 4.78 is 15.4. The molecule has 0 saturated heterocycles. The molecule has 0 spiro atoms. The van der Waals surface area contributed by atoms with E-state index in [-0.39, 0.29) is 11.7 Å². The van der Waals surface area contributed by atoms with Crippen molar-refractivity contribution in [1.82, 2.24) is 14.5 Å². The zero-order chi connectivity index (χ0) is 22.6. The number of halogens is 1. The summed E-state index contributed by atoms with van der Waals surface area (Å²) in [6.45, 7) is 1.03. The molecule has 4 aromatic rings. The molecule has 1 aliphatic heterocycles. The molecule has 3 heterocycles. The normalized spacial score (nSPS) is 12.9. The van der Waals surface area contributed by atoms with Gasteiger partial charge in [0, 0.05) is 42.4 Å². The van der Waals surface area contributed by atoms with Crippen molar-refractivity contribution in [3.05, 3.63) is 95.8 Å². The fourth-order valence-electron chi connectivity index (χ4n) is 3.89. The number of nitrogens with one attached hydrogen (secondary N) is 1. The predicted octanol–water partition coefficient (Wildman–Crippen LogP) is 5.97. The lowest BCUT2D eigenvalue weighted by atomic mass is 10.1. The van der Waals surface area contributed by atoms with Crippen LogP contribution in [0.25, 0.3) is 11.3 Å². The van der Waals surface area contributed by atoms with Crippen LogP contribution in [0.3, 0.4) is 0 Å². The minimum absolute atomic E-state index is 0.213. The van der Waals surface area contributed by atoms with Crippen LogP contribution in [0.15, 0.2) is 78.1 Å². The van der Waals surface area contributed by atoms with Gasteiger partial charge < -0.3 is 9.88 Å². The first-order chi connectivity index (χ1) is 16.2. The maximum absolute atomic E-state index is 13.1. The third-order valence-electron chi connectivity index (χ3n) is 5.65. The molecule has 166 valence electrons. The van der Waals surface area contributed by atoms with Crippen molar-refractivity contribution in [2.45, 2.75) is 36.6 Å². The molecule has 0 bridgehead atoms. The number of pyridine rings is 1. The lowest BCUT2D eigenvalue weighted by Gasteiger charge is -2.11. The predicted molar refractivity (Wildman–Crippen MR) is 129 cm³/mol. The lowest BCUT2D eigenvalue weighted by Crippen LogP contribution is -2.13. The summed E-state index contributed by atoms with van der Waals surface area (Å²) in [6, 6.07) is 17.6. The number of hydrogen-bond acceptors (Lipinski definition) is 4. The van der Waals surface area contributed by atoms with Crippen LogP contribution in [0.4, 0.5) is 10.1 Å². The molecule has 0 aliphatic carbocycles. The largest absolute Gasteiger partial charge is 0.334 e. The van der Waals surface area contributed by atoms with Gasteiger partial charge in [0.05, 0.1) is 11.3 Å². The van der Waals surface area contributed by atoms with Gasteiger partial charge in [-0.15, -0.1) is 11.8 Å². The van der Waals surface area contributed by atoms with Gasteiger partial charge in [0.1, 0.15) is 16.7 Å². The molecule has 2 aromatic carbocycles. The first kappa shape index (κ1) is 21.4. The van der Waals surface area contributed by atoms with Crippen LogP contribution in [0, 0.1) is 5.82 Å². The topological polar surface area (TPSA) is 59.8 Å². The second-order valence-electron chi connectivity index (χ2n) is 8.00. The highest BCUT2D eigenvalue weighted by Gasteiger charge is 2.15. The first-order valence-electron chi connectivity index (χ1n) is 11.0. The van der Waals surface area contributed by atoms with Gasteiger partial charge in [-0.1, -0.05) is 24.3 Å². The molecule has 1 amide bonds. The van der Waals surface area contributed by atoms with Crippen LogP contribution in [-0.4, -0.2) is 20.4 Å². The van der Waals surface area contributed by atoms with E-state index in [1.54, 1.807) is 30.5 Å². The summed E-state index contributed by atoms with van der Waals surface area (Å²) in [4.78, 5) is 22.1. The Morgan fingerprint density at radius 1 is 1.06 bits per heavy atom. The SMILES string of the molecule is O=C(Nc1ccc(-c2cn3c(n2)CCCC3)cc1)c1cccnc1SCc1ccc(F)cc1. The molecule has 7 heteroatoms. The molecule has 5 rings (SSSR count). The van der Waals surface area contributed by atoms with Crippen molar-refractivity contribution in [3.8, 4) is 11.3 Å². The van der Waals surface area contributed by atoms with Crippen LogP contribution in [0.5, 0.6) is 0 Å². The number of carbonyl (C=O) groups excluding carboxylic acids is 1. The summed E-state index contributed by atoms with van der Waals surface area (Å²) in [6.07, 6.45) is 7.21. The van der Waals surface area contributed by atoms with E-state index in [0.29, 0.717) is 22.0 Å². The van der Waals surface area contributed by atoms with Crippen molar-refractivity contribution < 1.29 is 9.18 Å². The summed E-state index contributed by atoms with van der Waals surface area (Å²) >= 11 is 1.45. The van der Waals surface area contributed by atoms with Crippen LogP contribution in [0.1, 0.15) is 34.6 Å². The van der Waals surface area contributed by atoms with Crippen molar-refractivity contribution in [2.75, 3.05) is 5.32 Å². The summed E-state index contributed by atoms with van der Waals surface area (Å²) in [5, 5.41) is 3.60. The van der Waals surface area contributed by atoms with Gasteiger partial charge in [0.2, 0.25) is 0 Å². The van der Waals surface area contributed by atoms with E-state index in [1.807, 2.05) is 24.3 Å². The summed E-state index contributed by atoms with van der Waals surface area (Å²) in [7, 11) is 0. The molecule has 0 saturated carbocycles. The van der Waals surface area contributed by atoms with Crippen LogP contribution < -0.4 is 5.32 Å². The van der Waals surface area contributed by atoms with E-state index in [1.165, 1.54) is 36.7 Å². The molecule has 5 nitrogen and oxygen atoms in total.